The van der Waals surface area contributed by atoms with Gasteiger partial charge in [-0.3, -0.25) is 9.80 Å². The van der Waals surface area contributed by atoms with Crippen LogP contribution in [0.2, 0.25) is 0 Å². The van der Waals surface area contributed by atoms with Crippen molar-refractivity contribution in [2.45, 2.75) is 25.4 Å². The standard InChI is InChI=1S/C12H25N3O/c1-11(10-16-2)14-5-7-15(8-6-14)12-3-4-13-9-12/h11-13H,3-10H2,1-2H3. The third kappa shape index (κ3) is 2.94. The Morgan fingerprint density at radius 1 is 1.31 bits per heavy atom. The first-order chi connectivity index (χ1) is 7.81. The average Bonchev–Trinajstić information content (AvgIpc) is 2.83. The summed E-state index contributed by atoms with van der Waals surface area (Å²) in [7, 11) is 1.79. The van der Waals surface area contributed by atoms with Gasteiger partial charge in [-0.15, -0.1) is 0 Å². The van der Waals surface area contributed by atoms with Crippen LogP contribution in [-0.4, -0.2) is 74.9 Å². The van der Waals surface area contributed by atoms with Crippen LogP contribution in [0.5, 0.6) is 0 Å². The minimum atomic E-state index is 0.564. The van der Waals surface area contributed by atoms with E-state index in [2.05, 4.69) is 22.0 Å². The van der Waals surface area contributed by atoms with Gasteiger partial charge in [0, 0.05) is 51.9 Å². The number of hydrogen-bond acceptors (Lipinski definition) is 4. The fourth-order valence-corrected chi connectivity index (χ4v) is 2.84. The summed E-state index contributed by atoms with van der Waals surface area (Å²) in [6.07, 6.45) is 1.33. The highest BCUT2D eigenvalue weighted by Gasteiger charge is 2.27. The first kappa shape index (κ1) is 12.3. The predicted molar refractivity (Wildman–Crippen MR) is 65.8 cm³/mol. The molecule has 4 nitrogen and oxygen atoms in total. The molecular weight excluding hydrogens is 202 g/mol. The van der Waals surface area contributed by atoms with E-state index in [0.717, 1.165) is 12.6 Å². The number of nitrogens with zero attached hydrogens (tertiary/aromatic N) is 2. The van der Waals surface area contributed by atoms with Gasteiger partial charge in [-0.05, 0) is 19.9 Å². The zero-order chi connectivity index (χ0) is 11.4. The zero-order valence-corrected chi connectivity index (χ0v) is 10.6. The van der Waals surface area contributed by atoms with Crippen molar-refractivity contribution in [3.63, 3.8) is 0 Å². The van der Waals surface area contributed by atoms with Crippen molar-refractivity contribution in [1.82, 2.24) is 15.1 Å². The minimum Gasteiger partial charge on any atom is -0.383 e. The van der Waals surface area contributed by atoms with E-state index in [9.17, 15) is 0 Å². The number of piperazine rings is 1. The van der Waals surface area contributed by atoms with Gasteiger partial charge in [-0.2, -0.15) is 0 Å². The Bertz CT molecular complexity index is 198. The van der Waals surface area contributed by atoms with Gasteiger partial charge < -0.3 is 10.1 Å². The molecule has 16 heavy (non-hydrogen) atoms. The monoisotopic (exact) mass is 227 g/mol. The summed E-state index contributed by atoms with van der Waals surface area (Å²) < 4.78 is 5.22. The van der Waals surface area contributed by atoms with Crippen LogP contribution in [0.25, 0.3) is 0 Å². The Morgan fingerprint density at radius 3 is 2.62 bits per heavy atom. The van der Waals surface area contributed by atoms with Gasteiger partial charge >= 0.3 is 0 Å². The Kier molecular flexibility index (Phi) is 4.58. The molecule has 0 radical (unpaired) electrons. The molecule has 0 spiro atoms. The summed E-state index contributed by atoms with van der Waals surface area (Å²) in [5.74, 6) is 0. The number of methoxy groups -OCH3 is 1. The lowest BCUT2D eigenvalue weighted by Crippen LogP contribution is -2.53. The molecule has 0 aromatic rings. The molecule has 2 atom stereocenters. The highest BCUT2D eigenvalue weighted by molar-refractivity contribution is 4.85. The number of nitrogens with one attached hydrogen (secondary N) is 1. The van der Waals surface area contributed by atoms with E-state index < -0.39 is 0 Å². The molecule has 2 aliphatic rings. The Hall–Kier alpha value is -0.160. The Morgan fingerprint density at radius 2 is 2.06 bits per heavy atom. The van der Waals surface area contributed by atoms with Crippen molar-refractivity contribution in [3.05, 3.63) is 0 Å². The van der Waals surface area contributed by atoms with Gasteiger partial charge in [0.25, 0.3) is 0 Å². The molecule has 2 saturated heterocycles. The first-order valence-corrected chi connectivity index (χ1v) is 6.49. The van der Waals surface area contributed by atoms with E-state index in [1.807, 2.05) is 0 Å². The summed E-state index contributed by atoms with van der Waals surface area (Å²) in [4.78, 5) is 5.19. The van der Waals surface area contributed by atoms with Gasteiger partial charge in [0.05, 0.1) is 6.61 Å². The summed E-state index contributed by atoms with van der Waals surface area (Å²) >= 11 is 0. The maximum atomic E-state index is 5.22. The van der Waals surface area contributed by atoms with Crippen molar-refractivity contribution in [2.24, 2.45) is 0 Å². The van der Waals surface area contributed by atoms with Crippen LogP contribution in [0.4, 0.5) is 0 Å². The Labute approximate surface area is 98.9 Å². The summed E-state index contributed by atoms with van der Waals surface area (Å²) in [6, 6.07) is 1.36. The maximum absolute atomic E-state index is 5.22. The fraction of sp³-hybridized carbons (Fsp3) is 1.00. The molecule has 2 aliphatic heterocycles. The fourth-order valence-electron chi connectivity index (χ4n) is 2.84. The highest BCUT2D eigenvalue weighted by atomic mass is 16.5. The normalized spacial score (nSPS) is 30.8. The maximum Gasteiger partial charge on any atom is 0.0615 e. The van der Waals surface area contributed by atoms with Crippen molar-refractivity contribution in [3.8, 4) is 0 Å². The van der Waals surface area contributed by atoms with Crippen molar-refractivity contribution >= 4 is 0 Å². The SMILES string of the molecule is COCC(C)N1CCN(C2CCNC2)CC1. The third-order valence-electron chi connectivity index (χ3n) is 3.93. The molecule has 0 aromatic carbocycles. The van der Waals surface area contributed by atoms with Gasteiger partial charge in [0.15, 0.2) is 0 Å². The Balaban J connectivity index is 1.73. The lowest BCUT2D eigenvalue weighted by atomic mass is 10.1. The molecule has 2 rings (SSSR count). The van der Waals surface area contributed by atoms with Crippen LogP contribution >= 0.6 is 0 Å². The molecule has 4 heteroatoms. The van der Waals surface area contributed by atoms with Crippen LogP contribution in [0.15, 0.2) is 0 Å². The molecule has 0 bridgehead atoms. The van der Waals surface area contributed by atoms with Crippen LogP contribution < -0.4 is 5.32 Å². The molecule has 0 saturated carbocycles. The second kappa shape index (κ2) is 5.96. The minimum absolute atomic E-state index is 0.564. The molecule has 0 amide bonds. The summed E-state index contributed by atoms with van der Waals surface area (Å²) in [6.45, 7) is 10.3. The number of ether oxygens (including phenoxy) is 1. The molecule has 2 unspecified atom stereocenters. The lowest BCUT2D eigenvalue weighted by molar-refractivity contribution is 0.0450. The van der Waals surface area contributed by atoms with Crippen LogP contribution in [0.1, 0.15) is 13.3 Å². The van der Waals surface area contributed by atoms with E-state index in [-0.39, 0.29) is 0 Å². The van der Waals surface area contributed by atoms with E-state index >= 15 is 0 Å². The average molecular weight is 227 g/mol. The van der Waals surface area contributed by atoms with Crippen molar-refractivity contribution < 1.29 is 4.74 Å². The van der Waals surface area contributed by atoms with Crippen LogP contribution in [0.3, 0.4) is 0 Å². The van der Waals surface area contributed by atoms with E-state index in [4.69, 9.17) is 4.74 Å². The zero-order valence-electron chi connectivity index (χ0n) is 10.6. The number of hydrogen-bond donors (Lipinski definition) is 1. The predicted octanol–water partition coefficient (Wildman–Crippen LogP) is 0.000800. The first-order valence-electron chi connectivity index (χ1n) is 6.49. The highest BCUT2D eigenvalue weighted by Crippen LogP contribution is 2.13. The molecular formula is C12H25N3O. The molecule has 2 fully saturated rings. The van der Waals surface area contributed by atoms with Gasteiger partial charge in [-0.25, -0.2) is 0 Å². The smallest absolute Gasteiger partial charge is 0.0615 e. The van der Waals surface area contributed by atoms with Crippen LogP contribution in [0, 0.1) is 0 Å². The summed E-state index contributed by atoms with van der Waals surface area (Å²) in [5, 5.41) is 3.45. The van der Waals surface area contributed by atoms with E-state index in [1.54, 1.807) is 7.11 Å². The third-order valence-corrected chi connectivity index (χ3v) is 3.93. The molecule has 0 aromatic heterocycles. The number of rotatable bonds is 4. The van der Waals surface area contributed by atoms with Gasteiger partial charge in [0.2, 0.25) is 0 Å². The second-order valence-electron chi connectivity index (χ2n) is 5.02. The lowest BCUT2D eigenvalue weighted by Gasteiger charge is -2.40. The molecule has 0 aliphatic carbocycles. The second-order valence-corrected chi connectivity index (χ2v) is 5.02. The molecule has 2 heterocycles. The topological polar surface area (TPSA) is 27.7 Å². The largest absolute Gasteiger partial charge is 0.383 e. The summed E-state index contributed by atoms with van der Waals surface area (Å²) in [5.41, 5.74) is 0. The van der Waals surface area contributed by atoms with E-state index in [0.29, 0.717) is 6.04 Å². The van der Waals surface area contributed by atoms with Gasteiger partial charge in [0.1, 0.15) is 0 Å². The van der Waals surface area contributed by atoms with Crippen molar-refractivity contribution in [2.75, 3.05) is 53.0 Å². The van der Waals surface area contributed by atoms with Gasteiger partial charge in [-0.1, -0.05) is 0 Å². The molecule has 1 N–H and O–H groups in total. The van der Waals surface area contributed by atoms with Crippen LogP contribution in [-0.2, 0) is 4.74 Å². The molecule has 94 valence electrons. The van der Waals surface area contributed by atoms with Crippen molar-refractivity contribution in [1.29, 1.82) is 0 Å². The van der Waals surface area contributed by atoms with E-state index in [1.165, 1.54) is 45.7 Å². The quantitative estimate of drug-likeness (QED) is 0.732.